The van der Waals surface area contributed by atoms with Crippen LogP contribution in [0, 0.1) is 0 Å². The van der Waals surface area contributed by atoms with Gasteiger partial charge in [0.05, 0.1) is 6.61 Å². The van der Waals surface area contributed by atoms with Crippen LogP contribution in [-0.2, 0) is 14.3 Å². The smallest absolute Gasteiger partial charge is 0.249 e. The van der Waals surface area contributed by atoms with E-state index in [1.54, 1.807) is 0 Å². The van der Waals surface area contributed by atoms with Crippen molar-refractivity contribution in [3.8, 4) is 0 Å². The lowest BCUT2D eigenvalue weighted by molar-refractivity contribution is -0.168. The summed E-state index contributed by atoms with van der Waals surface area (Å²) in [6, 6.07) is 0. The Labute approximate surface area is 102 Å². The minimum atomic E-state index is -0.454. The third-order valence-corrected chi connectivity index (χ3v) is 3.54. The maximum absolute atomic E-state index is 11.8. The molecule has 0 saturated carbocycles. The van der Waals surface area contributed by atoms with Crippen molar-refractivity contribution in [2.45, 2.75) is 43.8 Å². The van der Waals surface area contributed by atoms with Crippen molar-refractivity contribution in [1.29, 1.82) is 0 Å². The molecule has 2 aliphatic heterocycles. The van der Waals surface area contributed by atoms with E-state index in [1.165, 1.54) is 0 Å². The van der Waals surface area contributed by atoms with Gasteiger partial charge in [0.2, 0.25) is 5.91 Å². The summed E-state index contributed by atoms with van der Waals surface area (Å²) < 4.78 is 11.4. The highest BCUT2D eigenvalue weighted by Crippen LogP contribution is 2.26. The molecule has 17 heavy (non-hydrogen) atoms. The van der Waals surface area contributed by atoms with Gasteiger partial charge in [-0.05, 0) is 32.1 Å². The van der Waals surface area contributed by atoms with Crippen molar-refractivity contribution in [3.63, 3.8) is 0 Å². The highest BCUT2D eigenvalue weighted by atomic mass is 16.6. The molecule has 3 N–H and O–H groups in total. The lowest BCUT2D eigenvalue weighted by Crippen LogP contribution is -2.52. The number of carbonyl (C=O) groups is 1. The second-order valence-corrected chi connectivity index (χ2v) is 4.94. The third kappa shape index (κ3) is 3.18. The van der Waals surface area contributed by atoms with Crippen molar-refractivity contribution in [2.75, 3.05) is 26.3 Å². The molecule has 5 heteroatoms. The lowest BCUT2D eigenvalue weighted by atomic mass is 9.96. The third-order valence-electron chi connectivity index (χ3n) is 3.54. The first-order valence-corrected chi connectivity index (χ1v) is 6.49. The standard InChI is InChI=1S/C12H22N2O3/c13-8-12(5-3-7-16-9-12)17-10-4-1-2-6-14-11(10)15/h10H,1-9,13H2,(H,14,15). The van der Waals surface area contributed by atoms with E-state index in [4.69, 9.17) is 15.2 Å². The number of rotatable bonds is 3. The molecule has 98 valence electrons. The van der Waals surface area contributed by atoms with E-state index in [1.807, 2.05) is 0 Å². The molecule has 0 radical (unpaired) electrons. The largest absolute Gasteiger partial charge is 0.378 e. The van der Waals surface area contributed by atoms with Gasteiger partial charge in [0.25, 0.3) is 0 Å². The van der Waals surface area contributed by atoms with E-state index in [0.29, 0.717) is 13.2 Å². The minimum absolute atomic E-state index is 0.000832. The summed E-state index contributed by atoms with van der Waals surface area (Å²) in [6.07, 6.45) is 4.30. The fourth-order valence-electron chi connectivity index (χ4n) is 2.45. The van der Waals surface area contributed by atoms with Gasteiger partial charge in [-0.1, -0.05) is 0 Å². The SMILES string of the molecule is NCC1(OC2CCCCNC2=O)CCCOC1. The molecule has 1 amide bonds. The van der Waals surface area contributed by atoms with Gasteiger partial charge in [-0.15, -0.1) is 0 Å². The minimum Gasteiger partial charge on any atom is -0.378 e. The Morgan fingerprint density at radius 1 is 1.47 bits per heavy atom. The van der Waals surface area contributed by atoms with Gasteiger partial charge in [-0.3, -0.25) is 4.79 Å². The van der Waals surface area contributed by atoms with Crippen LogP contribution in [0.2, 0.25) is 0 Å². The molecule has 2 atom stereocenters. The van der Waals surface area contributed by atoms with E-state index >= 15 is 0 Å². The number of hydrogen-bond donors (Lipinski definition) is 2. The Kier molecular flexibility index (Phi) is 4.36. The van der Waals surface area contributed by atoms with Crippen molar-refractivity contribution in [3.05, 3.63) is 0 Å². The molecule has 0 bridgehead atoms. The summed E-state index contributed by atoms with van der Waals surface area (Å²) in [5, 5.41) is 2.88. The molecular formula is C12H22N2O3. The Balaban J connectivity index is 1.98. The molecule has 2 saturated heterocycles. The molecule has 2 unspecified atom stereocenters. The van der Waals surface area contributed by atoms with Gasteiger partial charge >= 0.3 is 0 Å². The van der Waals surface area contributed by atoms with E-state index in [-0.39, 0.29) is 12.0 Å². The number of carbonyl (C=O) groups excluding carboxylic acids is 1. The average molecular weight is 242 g/mol. The topological polar surface area (TPSA) is 73.6 Å². The van der Waals surface area contributed by atoms with E-state index in [9.17, 15) is 4.79 Å². The number of ether oxygens (including phenoxy) is 2. The van der Waals surface area contributed by atoms with Gasteiger partial charge < -0.3 is 20.5 Å². The first kappa shape index (κ1) is 12.8. The second kappa shape index (κ2) is 5.80. The zero-order chi connectivity index (χ0) is 12.1. The quantitative estimate of drug-likeness (QED) is 0.740. The number of hydrogen-bond acceptors (Lipinski definition) is 4. The molecule has 0 aromatic rings. The Hall–Kier alpha value is -0.650. The molecule has 0 spiro atoms. The Morgan fingerprint density at radius 3 is 3.06 bits per heavy atom. The predicted octanol–water partition coefficient (Wildman–Crippen LogP) is 0.180. The van der Waals surface area contributed by atoms with Crippen LogP contribution in [-0.4, -0.2) is 43.9 Å². The summed E-state index contributed by atoms with van der Waals surface area (Å²) in [4.78, 5) is 11.8. The van der Waals surface area contributed by atoms with Crippen molar-refractivity contribution >= 4 is 5.91 Å². The maximum Gasteiger partial charge on any atom is 0.249 e. The number of amides is 1. The molecule has 2 fully saturated rings. The Morgan fingerprint density at radius 2 is 2.35 bits per heavy atom. The average Bonchev–Trinajstić information content (AvgIpc) is 2.56. The summed E-state index contributed by atoms with van der Waals surface area (Å²) in [7, 11) is 0. The first-order chi connectivity index (χ1) is 8.26. The van der Waals surface area contributed by atoms with Crippen LogP contribution < -0.4 is 11.1 Å². The van der Waals surface area contributed by atoms with Crippen molar-refractivity contribution in [2.24, 2.45) is 5.73 Å². The second-order valence-electron chi connectivity index (χ2n) is 4.94. The fraction of sp³-hybridized carbons (Fsp3) is 0.917. The summed E-state index contributed by atoms with van der Waals surface area (Å²) >= 11 is 0. The van der Waals surface area contributed by atoms with Crippen LogP contribution >= 0.6 is 0 Å². The van der Waals surface area contributed by atoms with Crippen LogP contribution in [0.5, 0.6) is 0 Å². The molecule has 2 heterocycles. The van der Waals surface area contributed by atoms with Crippen molar-refractivity contribution < 1.29 is 14.3 Å². The molecule has 5 nitrogen and oxygen atoms in total. The van der Waals surface area contributed by atoms with Crippen LogP contribution in [0.4, 0.5) is 0 Å². The lowest BCUT2D eigenvalue weighted by Gasteiger charge is -2.38. The van der Waals surface area contributed by atoms with Crippen molar-refractivity contribution in [1.82, 2.24) is 5.32 Å². The zero-order valence-electron chi connectivity index (χ0n) is 10.2. The van der Waals surface area contributed by atoms with E-state index < -0.39 is 5.60 Å². The molecule has 2 aliphatic rings. The summed E-state index contributed by atoms with van der Waals surface area (Å²) in [5.74, 6) is 0.000832. The van der Waals surface area contributed by atoms with Gasteiger partial charge in [0.1, 0.15) is 11.7 Å². The van der Waals surface area contributed by atoms with Gasteiger partial charge in [0.15, 0.2) is 0 Å². The molecule has 0 aromatic heterocycles. The van der Waals surface area contributed by atoms with Crippen LogP contribution in [0.3, 0.4) is 0 Å². The summed E-state index contributed by atoms with van der Waals surface area (Å²) in [6.45, 7) is 2.44. The maximum atomic E-state index is 11.8. The van der Waals surface area contributed by atoms with Crippen LogP contribution in [0.25, 0.3) is 0 Å². The molecule has 0 aromatic carbocycles. The fourth-order valence-corrected chi connectivity index (χ4v) is 2.45. The van der Waals surface area contributed by atoms with E-state index in [2.05, 4.69) is 5.32 Å². The van der Waals surface area contributed by atoms with E-state index in [0.717, 1.165) is 45.3 Å². The number of nitrogens with one attached hydrogen (secondary N) is 1. The van der Waals surface area contributed by atoms with Gasteiger partial charge in [-0.2, -0.15) is 0 Å². The molecule has 0 aliphatic carbocycles. The van der Waals surface area contributed by atoms with Crippen LogP contribution in [0.1, 0.15) is 32.1 Å². The first-order valence-electron chi connectivity index (χ1n) is 6.49. The highest BCUT2D eigenvalue weighted by Gasteiger charge is 2.37. The van der Waals surface area contributed by atoms with Gasteiger partial charge in [0, 0.05) is 19.7 Å². The van der Waals surface area contributed by atoms with Gasteiger partial charge in [-0.25, -0.2) is 0 Å². The highest BCUT2D eigenvalue weighted by molar-refractivity contribution is 5.81. The van der Waals surface area contributed by atoms with Crippen LogP contribution in [0.15, 0.2) is 0 Å². The molecule has 2 rings (SSSR count). The zero-order valence-corrected chi connectivity index (χ0v) is 10.2. The monoisotopic (exact) mass is 242 g/mol. The Bertz CT molecular complexity index is 264. The molecular weight excluding hydrogens is 220 g/mol. The summed E-state index contributed by atoms with van der Waals surface area (Å²) in [5.41, 5.74) is 5.35. The normalized spacial score (nSPS) is 35.1. The number of nitrogens with two attached hydrogens (primary N) is 1. The predicted molar refractivity (Wildman–Crippen MR) is 63.6 cm³/mol.